The van der Waals surface area contributed by atoms with Crippen molar-refractivity contribution >= 4 is 11.9 Å². The van der Waals surface area contributed by atoms with E-state index in [4.69, 9.17) is 9.84 Å². The van der Waals surface area contributed by atoms with E-state index in [1.165, 1.54) is 18.9 Å². The molecule has 0 unspecified atom stereocenters. The minimum absolute atomic E-state index is 0.263. The quantitative estimate of drug-likeness (QED) is 0.393. The Morgan fingerprint density at radius 1 is 1.10 bits per heavy atom. The largest absolute Gasteiger partial charge is 0.478 e. The Morgan fingerprint density at radius 2 is 1.60 bits per heavy atom. The zero-order valence-corrected chi connectivity index (χ0v) is 13.0. The Bertz CT molecular complexity index is 304. The van der Waals surface area contributed by atoms with Gasteiger partial charge < -0.3 is 9.84 Å². The summed E-state index contributed by atoms with van der Waals surface area (Å²) in [5.41, 5.74) is -0.263. The molecule has 116 valence electrons. The summed E-state index contributed by atoms with van der Waals surface area (Å²) >= 11 is 0. The van der Waals surface area contributed by atoms with Crippen LogP contribution in [0.1, 0.15) is 59.3 Å². The summed E-state index contributed by atoms with van der Waals surface area (Å²) in [4.78, 5) is 20.5. The maximum Gasteiger partial charge on any atom is 0.330 e. The van der Waals surface area contributed by atoms with Crippen LogP contribution in [0.2, 0.25) is 0 Å². The lowest BCUT2D eigenvalue weighted by molar-refractivity contribution is -0.155. The molecule has 0 radical (unpaired) electrons. The van der Waals surface area contributed by atoms with E-state index < -0.39 is 5.97 Å². The second kappa shape index (κ2) is 12.5. The summed E-state index contributed by atoms with van der Waals surface area (Å²) in [6.07, 6.45) is 8.34. The molecule has 0 atom stereocenters. The van der Waals surface area contributed by atoms with E-state index >= 15 is 0 Å². The zero-order chi connectivity index (χ0) is 16.0. The molecule has 0 rings (SSSR count). The molecule has 0 fully saturated rings. The van der Waals surface area contributed by atoms with Crippen LogP contribution in [0.15, 0.2) is 25.3 Å². The molecule has 0 heterocycles. The van der Waals surface area contributed by atoms with E-state index in [0.717, 1.165) is 31.8 Å². The van der Waals surface area contributed by atoms with Gasteiger partial charge in [0, 0.05) is 12.2 Å². The lowest BCUT2D eigenvalue weighted by Gasteiger charge is -2.31. The Kier molecular flexibility index (Phi) is 12.9. The molecule has 0 spiro atoms. The molecule has 0 aliphatic rings. The summed E-state index contributed by atoms with van der Waals surface area (Å²) in [6.45, 7) is 12.7. The van der Waals surface area contributed by atoms with E-state index in [-0.39, 0.29) is 11.6 Å². The van der Waals surface area contributed by atoms with Crippen LogP contribution in [0.5, 0.6) is 0 Å². The Morgan fingerprint density at radius 3 is 1.90 bits per heavy atom. The maximum absolute atomic E-state index is 11.2. The van der Waals surface area contributed by atoms with E-state index in [0.29, 0.717) is 0 Å². The summed E-state index contributed by atoms with van der Waals surface area (Å²) in [5, 5.41) is 7.60. The number of aliphatic carboxylic acids is 1. The van der Waals surface area contributed by atoms with Gasteiger partial charge in [0.05, 0.1) is 0 Å². The highest BCUT2D eigenvalue weighted by Gasteiger charge is 2.28. The average molecular weight is 284 g/mol. The maximum atomic E-state index is 11.2. The van der Waals surface area contributed by atoms with Gasteiger partial charge >= 0.3 is 11.9 Å². The van der Waals surface area contributed by atoms with Gasteiger partial charge in [0.2, 0.25) is 0 Å². The number of hydrogen-bond donors (Lipinski definition) is 1. The van der Waals surface area contributed by atoms with Crippen LogP contribution in [-0.2, 0) is 14.3 Å². The molecule has 4 heteroatoms. The van der Waals surface area contributed by atoms with Crippen LogP contribution in [0.25, 0.3) is 0 Å². The molecule has 0 aromatic rings. The smallest absolute Gasteiger partial charge is 0.330 e. The summed E-state index contributed by atoms with van der Waals surface area (Å²) in [6, 6.07) is 0. The SMILES string of the molecule is C=CC(=O)O.C=CC(=O)OC(CC)(CC)CCCCC. The summed E-state index contributed by atoms with van der Waals surface area (Å²) in [5.74, 6) is -1.28. The first kappa shape index (κ1) is 20.7. The van der Waals surface area contributed by atoms with E-state index in [9.17, 15) is 9.59 Å². The molecule has 0 aromatic carbocycles. The van der Waals surface area contributed by atoms with E-state index in [2.05, 4.69) is 33.9 Å². The first-order chi connectivity index (χ1) is 9.41. The van der Waals surface area contributed by atoms with Crippen molar-refractivity contribution in [3.63, 3.8) is 0 Å². The lowest BCUT2D eigenvalue weighted by Crippen LogP contribution is -2.33. The Hall–Kier alpha value is -1.58. The molecular formula is C16H28O4. The van der Waals surface area contributed by atoms with Crippen LogP contribution in [0, 0.1) is 0 Å². The molecule has 4 nitrogen and oxygen atoms in total. The normalized spacial score (nSPS) is 9.95. The first-order valence-electron chi connectivity index (χ1n) is 7.12. The first-order valence-corrected chi connectivity index (χ1v) is 7.12. The van der Waals surface area contributed by atoms with Crippen LogP contribution < -0.4 is 0 Å². The molecule has 0 aliphatic heterocycles. The van der Waals surface area contributed by atoms with Crippen LogP contribution >= 0.6 is 0 Å². The molecule has 0 aromatic heterocycles. The van der Waals surface area contributed by atoms with Gasteiger partial charge in [0.25, 0.3) is 0 Å². The van der Waals surface area contributed by atoms with Crippen molar-refractivity contribution in [3.8, 4) is 0 Å². The molecular weight excluding hydrogens is 256 g/mol. The second-order valence-electron chi connectivity index (χ2n) is 4.51. The van der Waals surface area contributed by atoms with Crippen molar-refractivity contribution in [1.29, 1.82) is 0 Å². The third kappa shape index (κ3) is 10.4. The van der Waals surface area contributed by atoms with Crippen molar-refractivity contribution in [2.45, 2.75) is 64.9 Å². The molecule has 0 aliphatic carbocycles. The topological polar surface area (TPSA) is 63.6 Å². The van der Waals surface area contributed by atoms with Gasteiger partial charge in [-0.2, -0.15) is 0 Å². The number of ether oxygens (including phenoxy) is 1. The standard InChI is InChI=1S/C13H24O2.C3H4O2/c1-5-9-10-11-13(7-3,8-4)15-12(14)6-2;1-2-3(4)5/h6H,2,5,7-11H2,1,3-4H3;2H,1H2,(H,4,5). The highest BCUT2D eigenvalue weighted by molar-refractivity contribution is 5.81. The van der Waals surface area contributed by atoms with Gasteiger partial charge in [0.15, 0.2) is 0 Å². The van der Waals surface area contributed by atoms with Crippen LogP contribution in [0.4, 0.5) is 0 Å². The number of rotatable bonds is 9. The van der Waals surface area contributed by atoms with Crippen LogP contribution in [0.3, 0.4) is 0 Å². The third-order valence-electron chi connectivity index (χ3n) is 3.18. The number of carbonyl (C=O) groups excluding carboxylic acids is 1. The van der Waals surface area contributed by atoms with E-state index in [1.807, 2.05) is 0 Å². The predicted octanol–water partition coefficient (Wildman–Crippen LogP) is 4.11. The number of carbonyl (C=O) groups is 2. The molecule has 0 amide bonds. The van der Waals surface area contributed by atoms with Crippen molar-refractivity contribution in [2.24, 2.45) is 0 Å². The number of hydrogen-bond acceptors (Lipinski definition) is 3. The predicted molar refractivity (Wildman–Crippen MR) is 81.6 cm³/mol. The molecule has 1 N–H and O–H groups in total. The fraction of sp³-hybridized carbons (Fsp3) is 0.625. The summed E-state index contributed by atoms with van der Waals surface area (Å²) < 4.78 is 5.48. The minimum atomic E-state index is -0.981. The molecule has 0 bridgehead atoms. The third-order valence-corrected chi connectivity index (χ3v) is 3.18. The van der Waals surface area contributed by atoms with Gasteiger partial charge in [-0.15, -0.1) is 0 Å². The molecule has 0 saturated carbocycles. The van der Waals surface area contributed by atoms with Crippen LogP contribution in [-0.4, -0.2) is 22.6 Å². The highest BCUT2D eigenvalue weighted by Crippen LogP contribution is 2.27. The molecule has 20 heavy (non-hydrogen) atoms. The molecule has 0 saturated heterocycles. The lowest BCUT2D eigenvalue weighted by atomic mass is 9.90. The Labute approximate surface area is 122 Å². The number of esters is 1. The monoisotopic (exact) mass is 284 g/mol. The van der Waals surface area contributed by atoms with Crippen molar-refractivity contribution < 1.29 is 19.4 Å². The van der Waals surface area contributed by atoms with Gasteiger partial charge in [-0.05, 0) is 25.7 Å². The van der Waals surface area contributed by atoms with Crippen molar-refractivity contribution in [2.75, 3.05) is 0 Å². The van der Waals surface area contributed by atoms with Gasteiger partial charge in [-0.25, -0.2) is 9.59 Å². The van der Waals surface area contributed by atoms with Gasteiger partial charge in [-0.1, -0.05) is 46.8 Å². The summed E-state index contributed by atoms with van der Waals surface area (Å²) in [7, 11) is 0. The second-order valence-corrected chi connectivity index (χ2v) is 4.51. The minimum Gasteiger partial charge on any atom is -0.478 e. The van der Waals surface area contributed by atoms with Crippen molar-refractivity contribution in [1.82, 2.24) is 0 Å². The highest BCUT2D eigenvalue weighted by atomic mass is 16.6. The fourth-order valence-electron chi connectivity index (χ4n) is 1.75. The average Bonchev–Trinajstić information content (AvgIpc) is 2.46. The van der Waals surface area contributed by atoms with E-state index in [1.54, 1.807) is 0 Å². The van der Waals surface area contributed by atoms with Gasteiger partial charge in [-0.3, -0.25) is 0 Å². The van der Waals surface area contributed by atoms with Gasteiger partial charge in [0.1, 0.15) is 5.60 Å². The van der Waals surface area contributed by atoms with Crippen molar-refractivity contribution in [3.05, 3.63) is 25.3 Å². The zero-order valence-electron chi connectivity index (χ0n) is 13.0. The number of carboxylic acids is 1. The number of carboxylic acid groups (broad SMARTS) is 1. The fourth-order valence-corrected chi connectivity index (χ4v) is 1.75. The number of unbranched alkanes of at least 4 members (excludes halogenated alkanes) is 2. The Balaban J connectivity index is 0.